The van der Waals surface area contributed by atoms with Gasteiger partial charge in [0.2, 0.25) is 0 Å². The maximum atomic E-state index is 8.98. The number of aliphatic hydroxyl groups is 2. The van der Waals surface area contributed by atoms with Gasteiger partial charge in [-0.25, -0.2) is 0 Å². The third-order valence-corrected chi connectivity index (χ3v) is 1.66. The van der Waals surface area contributed by atoms with Crippen molar-refractivity contribution in [3.05, 3.63) is 36.0 Å². The molecule has 0 bridgehead atoms. The molecule has 6 nitrogen and oxygen atoms in total. The number of nitrogens with two attached hydrogens (primary N) is 2. The number of hydrogen-bond acceptors (Lipinski definition) is 4. The van der Waals surface area contributed by atoms with Gasteiger partial charge in [-0.2, -0.15) is 0 Å². The van der Waals surface area contributed by atoms with Crippen LogP contribution in [0, 0.1) is 0 Å². The maximum absolute atomic E-state index is 8.98. The number of aliphatic imine (C=N–C) groups is 2. The minimum atomic E-state index is 0. The minimum Gasteiger partial charge on any atom is -1.00 e. The van der Waals surface area contributed by atoms with Crippen LogP contribution in [0.25, 0.3) is 12.3 Å². The molecule has 0 aromatic carbocycles. The molecule has 120 valence electrons. The third-order valence-electron chi connectivity index (χ3n) is 1.66. The molecule has 0 amide bonds. The summed E-state index contributed by atoms with van der Waals surface area (Å²) in [7, 11) is 0. The zero-order valence-electron chi connectivity index (χ0n) is 12.2. The fraction of sp³-hybridized carbons (Fsp3) is 0.500. The molecule has 0 saturated carbocycles. The van der Waals surface area contributed by atoms with Crippen LogP contribution in [0.2, 0.25) is 0 Å². The van der Waals surface area contributed by atoms with E-state index in [4.69, 9.17) is 10.2 Å². The topological polar surface area (TPSA) is 132 Å². The molecule has 0 unspecified atom stereocenters. The predicted octanol–water partition coefficient (Wildman–Crippen LogP) is 1.27. The number of allylic oxidation sites excluding steroid dienone is 4. The van der Waals surface area contributed by atoms with Crippen LogP contribution in [-0.2, 0) is 16.8 Å². The molecule has 0 aromatic rings. The predicted molar refractivity (Wildman–Crippen MR) is 79.3 cm³/mol. The van der Waals surface area contributed by atoms with Gasteiger partial charge in [0.1, 0.15) is 0 Å². The first-order chi connectivity index (χ1) is 7.41. The van der Waals surface area contributed by atoms with Gasteiger partial charge in [-0.05, 0) is 39.8 Å². The first-order valence-electron chi connectivity index (χ1n) is 5.18. The Balaban J connectivity index is -0.000000187. The van der Waals surface area contributed by atoms with E-state index in [9.17, 15) is 0 Å². The maximum Gasteiger partial charge on any atom is 3.00 e. The van der Waals surface area contributed by atoms with E-state index in [1.165, 1.54) is 0 Å². The van der Waals surface area contributed by atoms with Crippen molar-refractivity contribution in [3.63, 3.8) is 0 Å². The summed E-state index contributed by atoms with van der Waals surface area (Å²) in [4.78, 5) is 8.41. The number of rotatable bonds is 5. The summed E-state index contributed by atoms with van der Waals surface area (Å²) in [5.74, 6) is 0.500. The molecule has 0 heterocycles. The summed E-state index contributed by atoms with van der Waals surface area (Å²) >= 11 is 0. The van der Waals surface area contributed by atoms with Gasteiger partial charge in [-0.1, -0.05) is 0 Å². The van der Waals surface area contributed by atoms with Crippen LogP contribution >= 0.6 is 0 Å². The molecule has 0 aromatic heterocycles. The van der Waals surface area contributed by atoms with Crippen LogP contribution in [-0.4, -0.2) is 34.7 Å². The normalized spacial score (nSPS) is 12.4. The van der Waals surface area contributed by atoms with E-state index in [1.807, 2.05) is 13.8 Å². The summed E-state index contributed by atoms with van der Waals surface area (Å²) in [5.41, 5.74) is 1.56. The van der Waals surface area contributed by atoms with E-state index < -0.39 is 0 Å². The van der Waals surface area contributed by atoms with Crippen molar-refractivity contribution in [2.75, 3.05) is 13.1 Å². The second-order valence-electron chi connectivity index (χ2n) is 3.62. The molecule has 0 atom stereocenters. The standard InChI is InChI=1S/C12H20N2O2.ClH.Co.2H2N/c1-9(7-11(3)15)13-5-6-14-10(2)8-12(4)16;;;;/h7-8,15-16H,5-6H2,1-4H3;1H;;2*1H2/q;;+3;2*-1/p-1/b11-7-,12-8-,13-9?,14-10?;;;;. The molecule has 0 saturated heterocycles. The molecule has 0 fully saturated rings. The summed E-state index contributed by atoms with van der Waals surface area (Å²) in [6.45, 7) is 8.02. The quantitative estimate of drug-likeness (QED) is 0.439. The minimum absolute atomic E-state index is 0. The van der Waals surface area contributed by atoms with Crippen molar-refractivity contribution in [1.82, 2.24) is 0 Å². The second-order valence-corrected chi connectivity index (χ2v) is 3.62. The van der Waals surface area contributed by atoms with Gasteiger partial charge in [0.25, 0.3) is 0 Å². The Hall–Kier alpha value is -0.864. The first kappa shape index (κ1) is 31.5. The molecule has 20 heavy (non-hydrogen) atoms. The van der Waals surface area contributed by atoms with Crippen LogP contribution < -0.4 is 12.4 Å². The number of hydrogen-bond donors (Lipinski definition) is 2. The molecule has 0 rings (SSSR count). The smallest absolute Gasteiger partial charge is 1.00 e. The monoisotopic (exact) mass is 350 g/mol. The molecule has 0 aliphatic carbocycles. The van der Waals surface area contributed by atoms with Gasteiger partial charge in [0, 0.05) is 11.4 Å². The van der Waals surface area contributed by atoms with Gasteiger partial charge in [0.05, 0.1) is 24.6 Å². The fourth-order valence-corrected chi connectivity index (χ4v) is 1.15. The van der Waals surface area contributed by atoms with Crippen molar-refractivity contribution in [1.29, 1.82) is 0 Å². The van der Waals surface area contributed by atoms with Crippen LogP contribution in [0.3, 0.4) is 0 Å². The van der Waals surface area contributed by atoms with Crippen LogP contribution in [0.4, 0.5) is 0 Å². The molecular weight excluding hydrogens is 327 g/mol. The van der Waals surface area contributed by atoms with Gasteiger partial charge in [-0.15, -0.1) is 0 Å². The van der Waals surface area contributed by atoms with E-state index in [0.29, 0.717) is 13.1 Å². The Morgan fingerprint density at radius 3 is 1.25 bits per heavy atom. The van der Waals surface area contributed by atoms with Gasteiger partial charge >= 0.3 is 16.8 Å². The van der Waals surface area contributed by atoms with E-state index in [1.54, 1.807) is 26.0 Å². The number of halogens is 1. The van der Waals surface area contributed by atoms with Crippen molar-refractivity contribution in [2.24, 2.45) is 9.98 Å². The molecule has 0 radical (unpaired) electrons. The molecule has 6 N–H and O–H groups in total. The zero-order valence-corrected chi connectivity index (χ0v) is 14.0. The van der Waals surface area contributed by atoms with Gasteiger partial charge < -0.3 is 34.9 Å². The number of aliphatic hydroxyl groups excluding tert-OH is 2. The Bertz CT molecular complexity index is 313. The number of nitrogens with zero attached hydrogens (tertiary/aromatic N) is 2. The summed E-state index contributed by atoms with van der Waals surface area (Å²) in [6, 6.07) is 0. The zero-order chi connectivity index (χ0) is 12.6. The van der Waals surface area contributed by atoms with Crippen LogP contribution in [0.5, 0.6) is 0 Å². The summed E-state index contributed by atoms with van der Waals surface area (Å²) < 4.78 is 0. The largest absolute Gasteiger partial charge is 3.00 e. The Morgan fingerprint density at radius 1 is 0.800 bits per heavy atom. The second kappa shape index (κ2) is 18.1. The van der Waals surface area contributed by atoms with Crippen LogP contribution in [0.15, 0.2) is 33.7 Å². The summed E-state index contributed by atoms with van der Waals surface area (Å²) in [6.07, 6.45) is 3.21. The average molecular weight is 351 g/mol. The van der Waals surface area contributed by atoms with Gasteiger partial charge in [-0.3, -0.25) is 9.98 Å². The van der Waals surface area contributed by atoms with E-state index in [-0.39, 0.29) is 53.0 Å². The van der Waals surface area contributed by atoms with E-state index in [0.717, 1.165) is 11.4 Å². The molecule has 0 spiro atoms. The average Bonchev–Trinajstić information content (AvgIpc) is 2.10. The van der Waals surface area contributed by atoms with E-state index >= 15 is 0 Å². The Morgan fingerprint density at radius 2 is 1.05 bits per heavy atom. The molecule has 0 aliphatic heterocycles. The first-order valence-corrected chi connectivity index (χ1v) is 5.18. The fourth-order valence-electron chi connectivity index (χ4n) is 1.15. The Labute approximate surface area is 137 Å². The van der Waals surface area contributed by atoms with Crippen molar-refractivity contribution in [3.8, 4) is 0 Å². The van der Waals surface area contributed by atoms with Gasteiger partial charge in [0.15, 0.2) is 0 Å². The van der Waals surface area contributed by atoms with Crippen molar-refractivity contribution >= 4 is 11.4 Å². The summed E-state index contributed by atoms with van der Waals surface area (Å²) in [5, 5.41) is 18.0. The molecule has 0 aliphatic rings. The SMILES string of the molecule is CC(/C=C(/C)O)=NCCN=C(C)/C=C(/C)O.[Cl-].[Co+3].[NH2-].[NH2-]. The molecular formula is C12H24ClCoN4O2. The third kappa shape index (κ3) is 22.3. The van der Waals surface area contributed by atoms with Crippen molar-refractivity contribution < 1.29 is 39.4 Å². The Kier molecular flexibility index (Phi) is 28.6. The molecule has 8 heteroatoms. The van der Waals surface area contributed by atoms with Crippen LogP contribution in [0.1, 0.15) is 27.7 Å². The van der Waals surface area contributed by atoms with E-state index in [2.05, 4.69) is 9.98 Å². The van der Waals surface area contributed by atoms with Crippen molar-refractivity contribution in [2.45, 2.75) is 27.7 Å².